The number of hydrogen-bond acceptors (Lipinski definition) is 5. The van der Waals surface area contributed by atoms with Gasteiger partial charge in [0.2, 0.25) is 0 Å². The van der Waals surface area contributed by atoms with E-state index in [2.05, 4.69) is 38.1 Å². The van der Waals surface area contributed by atoms with Crippen LogP contribution in [0.25, 0.3) is 0 Å². The fraction of sp³-hybridized carbons (Fsp3) is 0.500. The minimum Gasteiger partial charge on any atom is -0.494 e. The SMILES string of the molecule is CCOc1ccc(P(CC)CC)cc1.[Au+].[O-][Cl+3]([O-])([O-])[O-]. The third kappa shape index (κ3) is 12.1. The average Bonchev–Trinajstić information content (AvgIpc) is 2.31. The van der Waals surface area contributed by atoms with Crippen molar-refractivity contribution in [2.24, 2.45) is 0 Å². The molecule has 5 nitrogen and oxygen atoms in total. The van der Waals surface area contributed by atoms with E-state index in [-0.39, 0.29) is 30.3 Å². The molecule has 0 spiro atoms. The molecule has 0 aliphatic heterocycles. The molecule has 0 aliphatic carbocycles. The molecule has 1 aromatic carbocycles. The summed E-state index contributed by atoms with van der Waals surface area (Å²) in [6, 6.07) is 8.59. The van der Waals surface area contributed by atoms with Gasteiger partial charge in [-0.3, -0.25) is 0 Å². The van der Waals surface area contributed by atoms with Crippen molar-refractivity contribution in [1.82, 2.24) is 0 Å². The molecule has 1 rings (SSSR count). The standard InChI is InChI=1S/C12H19OP.Au.ClHO4/c1-4-13-11-7-9-12(10-8-11)14(5-2)6-3;;2-1(3,4)5/h7-10H,4-6H2,1-3H3;;(H,2,3,4,5)/q;+1;/p-1. The Balaban J connectivity index is 0. The smallest absolute Gasteiger partial charge is 0.494 e. The summed E-state index contributed by atoms with van der Waals surface area (Å²) in [5, 5.41) is 1.49. The fourth-order valence-corrected chi connectivity index (χ4v) is 3.26. The topological polar surface area (TPSA) is 101 Å². The molecule has 0 amide bonds. The first-order valence-corrected chi connectivity index (χ1v) is 8.86. The molecule has 0 aromatic heterocycles. The second-order valence-electron chi connectivity index (χ2n) is 3.48. The second-order valence-corrected chi connectivity index (χ2v) is 7.09. The molecule has 0 radical (unpaired) electrons. The third-order valence-electron chi connectivity index (χ3n) is 2.28. The normalized spacial score (nSPS) is 10.4. The quantitative estimate of drug-likeness (QED) is 0.356. The molecule has 0 saturated carbocycles. The zero-order valence-electron chi connectivity index (χ0n) is 11.6. The number of ether oxygens (including phenoxy) is 1. The maximum atomic E-state index is 8.49. The van der Waals surface area contributed by atoms with Gasteiger partial charge in [-0.05, 0) is 36.7 Å². The predicted molar refractivity (Wildman–Crippen MR) is 65.2 cm³/mol. The molecule has 8 heteroatoms. The molecule has 120 valence electrons. The van der Waals surface area contributed by atoms with Crippen LogP contribution < -0.4 is 28.7 Å². The minimum absolute atomic E-state index is 0. The van der Waals surface area contributed by atoms with Crippen LogP contribution in [0, 0.1) is 10.2 Å². The van der Waals surface area contributed by atoms with Crippen LogP contribution >= 0.6 is 7.92 Å². The minimum atomic E-state index is -4.94. The Bertz CT molecular complexity index is 335. The van der Waals surface area contributed by atoms with E-state index in [0.717, 1.165) is 12.4 Å². The maximum absolute atomic E-state index is 8.49. The molecule has 0 bridgehead atoms. The van der Waals surface area contributed by atoms with E-state index in [1.807, 2.05) is 6.92 Å². The molecule has 20 heavy (non-hydrogen) atoms. The van der Waals surface area contributed by atoms with Crippen molar-refractivity contribution in [3.8, 4) is 5.75 Å². The molecule has 0 aliphatic rings. The van der Waals surface area contributed by atoms with Crippen LogP contribution in [-0.4, -0.2) is 18.9 Å². The summed E-state index contributed by atoms with van der Waals surface area (Å²) in [4.78, 5) is 0. The monoisotopic (exact) mass is 506 g/mol. The van der Waals surface area contributed by atoms with Crippen LogP contribution in [0.3, 0.4) is 0 Å². The van der Waals surface area contributed by atoms with E-state index < -0.39 is 10.2 Å². The Morgan fingerprint density at radius 3 is 1.65 bits per heavy atom. The van der Waals surface area contributed by atoms with Gasteiger partial charge in [0.1, 0.15) is 5.75 Å². The molecule has 0 saturated heterocycles. The summed E-state index contributed by atoms with van der Waals surface area (Å²) < 4.78 is 39.4. The fourth-order valence-electron chi connectivity index (χ4n) is 1.51. The van der Waals surface area contributed by atoms with Crippen molar-refractivity contribution < 1.29 is 56.0 Å². The molecule has 0 heterocycles. The Labute approximate surface area is 139 Å². The van der Waals surface area contributed by atoms with E-state index in [9.17, 15) is 0 Å². The summed E-state index contributed by atoms with van der Waals surface area (Å²) in [5.74, 6) is 0.985. The Morgan fingerprint density at radius 2 is 1.35 bits per heavy atom. The summed E-state index contributed by atoms with van der Waals surface area (Å²) >= 11 is 0. The molecule has 0 fully saturated rings. The third-order valence-corrected chi connectivity index (χ3v) is 4.83. The van der Waals surface area contributed by atoms with Crippen molar-refractivity contribution in [2.45, 2.75) is 20.8 Å². The van der Waals surface area contributed by atoms with Gasteiger partial charge in [-0.25, -0.2) is 18.6 Å². The maximum Gasteiger partial charge on any atom is 1.00 e. The first-order chi connectivity index (χ1) is 8.81. The van der Waals surface area contributed by atoms with Gasteiger partial charge in [-0.2, -0.15) is 0 Å². The van der Waals surface area contributed by atoms with Crippen LogP contribution in [0.2, 0.25) is 0 Å². The van der Waals surface area contributed by atoms with Crippen molar-refractivity contribution in [1.29, 1.82) is 0 Å². The Morgan fingerprint density at radius 1 is 0.950 bits per heavy atom. The molecule has 0 unspecified atom stereocenters. The Hall–Kier alpha value is 0.320. The van der Waals surface area contributed by atoms with E-state index in [1.165, 1.54) is 17.6 Å². The van der Waals surface area contributed by atoms with E-state index in [0.29, 0.717) is 0 Å². The van der Waals surface area contributed by atoms with Gasteiger partial charge in [-0.1, -0.05) is 33.9 Å². The van der Waals surface area contributed by atoms with Crippen LogP contribution in [0.5, 0.6) is 5.75 Å². The molecular weight excluding hydrogens is 488 g/mol. The molecule has 0 N–H and O–H groups in total. The van der Waals surface area contributed by atoms with Gasteiger partial charge < -0.3 is 4.74 Å². The van der Waals surface area contributed by atoms with Gasteiger partial charge in [0, 0.05) is 0 Å². The van der Waals surface area contributed by atoms with Gasteiger partial charge in [0.05, 0.1) is 6.61 Å². The van der Waals surface area contributed by atoms with E-state index in [1.54, 1.807) is 0 Å². The van der Waals surface area contributed by atoms with E-state index >= 15 is 0 Å². The first kappa shape index (κ1) is 22.6. The number of benzene rings is 1. The number of halogens is 1. The van der Waals surface area contributed by atoms with Crippen LogP contribution in [0.4, 0.5) is 0 Å². The zero-order valence-corrected chi connectivity index (χ0v) is 15.4. The van der Waals surface area contributed by atoms with Gasteiger partial charge in [0.25, 0.3) is 0 Å². The summed E-state index contributed by atoms with van der Waals surface area (Å²) in [7, 11) is -4.87. The van der Waals surface area contributed by atoms with Crippen LogP contribution in [-0.2, 0) is 22.4 Å². The molecule has 0 atom stereocenters. The summed E-state index contributed by atoms with van der Waals surface area (Å²) in [6.45, 7) is 7.30. The zero-order chi connectivity index (χ0) is 14.9. The van der Waals surface area contributed by atoms with Crippen LogP contribution in [0.15, 0.2) is 24.3 Å². The Kier molecular flexibility index (Phi) is 13.5. The van der Waals surface area contributed by atoms with Gasteiger partial charge in [0.15, 0.2) is 0 Å². The van der Waals surface area contributed by atoms with Crippen molar-refractivity contribution in [2.75, 3.05) is 18.9 Å². The van der Waals surface area contributed by atoms with E-state index in [4.69, 9.17) is 23.4 Å². The molecule has 1 aromatic rings. The van der Waals surface area contributed by atoms with Crippen molar-refractivity contribution >= 4 is 13.2 Å². The number of rotatable bonds is 5. The van der Waals surface area contributed by atoms with Crippen molar-refractivity contribution in [3.05, 3.63) is 24.3 Å². The van der Waals surface area contributed by atoms with Gasteiger partial charge >= 0.3 is 22.4 Å². The average molecular weight is 507 g/mol. The number of hydrogen-bond donors (Lipinski definition) is 0. The van der Waals surface area contributed by atoms with Crippen molar-refractivity contribution in [3.63, 3.8) is 0 Å². The largest absolute Gasteiger partial charge is 1.00 e. The first-order valence-electron chi connectivity index (χ1n) is 5.91. The van der Waals surface area contributed by atoms with Gasteiger partial charge in [-0.15, -0.1) is 10.2 Å². The van der Waals surface area contributed by atoms with Crippen LogP contribution in [0.1, 0.15) is 20.8 Å². The molecular formula is C12H19AuClO5P. The summed E-state index contributed by atoms with van der Waals surface area (Å²) in [5.41, 5.74) is 0. The summed E-state index contributed by atoms with van der Waals surface area (Å²) in [6.07, 6.45) is 2.56. The second kappa shape index (κ2) is 11.9. The predicted octanol–water partition coefficient (Wildman–Crippen LogP) is -1.53.